The van der Waals surface area contributed by atoms with Crippen LogP contribution in [0.1, 0.15) is 74.9 Å². The number of rotatable bonds is 6. The second-order valence-electron chi connectivity index (χ2n) is 10.9. The normalized spacial score (nSPS) is 12.9. The van der Waals surface area contributed by atoms with Crippen LogP contribution in [-0.4, -0.2) is 29.3 Å². The predicted octanol–water partition coefficient (Wildman–Crippen LogP) is 6.39. The monoisotopic (exact) mass is 422 g/mol. The summed E-state index contributed by atoms with van der Waals surface area (Å²) in [6.45, 7) is 17.2. The number of aryl methyl sites for hydroxylation is 2. The molecule has 0 amide bonds. The summed E-state index contributed by atoms with van der Waals surface area (Å²) in [5, 5.41) is 20.8. The topological polar surface area (TPSA) is 65.2 Å². The summed E-state index contributed by atoms with van der Waals surface area (Å²) in [6.07, 6.45) is 5.20. The largest absolute Gasteiger partial charge is 0.507 e. The number of hydrogen-bond donors (Lipinski definition) is 2. The Morgan fingerprint density at radius 3 is 1.35 bits per heavy atom. The standard InChI is InChI=1S/C27H38N2O2/c1-18-9-20(13-26(3,4)5)11-22(24(18)30)15-28-17-29-16-23-12-21(14-27(6,7)8)10-19(2)25(23)31/h9-12,15-16,30-31H,13-14,17H2,1-8H3. The Hall–Kier alpha value is -2.62. The maximum atomic E-state index is 10.4. The highest BCUT2D eigenvalue weighted by Gasteiger charge is 2.15. The minimum absolute atomic E-state index is 0.170. The maximum absolute atomic E-state index is 10.4. The van der Waals surface area contributed by atoms with Crippen LogP contribution in [0.5, 0.6) is 11.5 Å². The summed E-state index contributed by atoms with van der Waals surface area (Å²) in [5.74, 6) is 0.516. The zero-order valence-electron chi connectivity index (χ0n) is 20.4. The number of phenolic OH excluding ortho intramolecular Hbond substituents is 2. The molecule has 0 atom stereocenters. The van der Waals surface area contributed by atoms with E-state index in [0.29, 0.717) is 11.1 Å². The zero-order valence-corrected chi connectivity index (χ0v) is 20.4. The Balaban J connectivity index is 2.15. The summed E-state index contributed by atoms with van der Waals surface area (Å²) in [6, 6.07) is 8.05. The minimum Gasteiger partial charge on any atom is -0.507 e. The lowest BCUT2D eigenvalue weighted by Gasteiger charge is -2.19. The molecule has 31 heavy (non-hydrogen) atoms. The van der Waals surface area contributed by atoms with E-state index in [0.717, 1.165) is 24.0 Å². The zero-order chi connectivity index (χ0) is 23.4. The van der Waals surface area contributed by atoms with Crippen LogP contribution in [0.25, 0.3) is 0 Å². The van der Waals surface area contributed by atoms with Crippen LogP contribution >= 0.6 is 0 Å². The van der Waals surface area contributed by atoms with Crippen molar-refractivity contribution in [1.29, 1.82) is 0 Å². The molecule has 0 aliphatic rings. The van der Waals surface area contributed by atoms with Crippen LogP contribution < -0.4 is 0 Å². The van der Waals surface area contributed by atoms with Crippen LogP contribution in [0.2, 0.25) is 0 Å². The highest BCUT2D eigenvalue weighted by molar-refractivity contribution is 5.86. The van der Waals surface area contributed by atoms with Gasteiger partial charge in [-0.15, -0.1) is 0 Å². The molecule has 168 valence electrons. The first kappa shape index (κ1) is 24.6. The van der Waals surface area contributed by atoms with Crippen LogP contribution in [0.3, 0.4) is 0 Å². The molecular formula is C27H38N2O2. The van der Waals surface area contributed by atoms with E-state index in [4.69, 9.17) is 0 Å². The van der Waals surface area contributed by atoms with E-state index >= 15 is 0 Å². The molecule has 2 aromatic carbocycles. The van der Waals surface area contributed by atoms with Gasteiger partial charge in [-0.1, -0.05) is 53.7 Å². The van der Waals surface area contributed by atoms with E-state index < -0.39 is 0 Å². The predicted molar refractivity (Wildman–Crippen MR) is 132 cm³/mol. The minimum atomic E-state index is 0.170. The summed E-state index contributed by atoms with van der Waals surface area (Å²) in [5.41, 5.74) is 5.83. The van der Waals surface area contributed by atoms with Crippen LogP contribution in [-0.2, 0) is 12.8 Å². The molecule has 0 heterocycles. The van der Waals surface area contributed by atoms with Crippen molar-refractivity contribution in [2.24, 2.45) is 20.8 Å². The molecule has 0 saturated carbocycles. The van der Waals surface area contributed by atoms with Crippen molar-refractivity contribution in [3.05, 3.63) is 57.6 Å². The van der Waals surface area contributed by atoms with Gasteiger partial charge in [0.2, 0.25) is 0 Å². The number of phenols is 2. The summed E-state index contributed by atoms with van der Waals surface area (Å²) in [4.78, 5) is 8.73. The third-order valence-electron chi connectivity index (χ3n) is 4.87. The quantitative estimate of drug-likeness (QED) is 0.530. The van der Waals surface area contributed by atoms with Gasteiger partial charge < -0.3 is 10.2 Å². The van der Waals surface area contributed by atoms with Crippen molar-refractivity contribution >= 4 is 12.4 Å². The van der Waals surface area contributed by atoms with E-state index in [9.17, 15) is 10.2 Å². The molecule has 4 nitrogen and oxygen atoms in total. The Kier molecular flexibility index (Phi) is 7.69. The average molecular weight is 423 g/mol. The van der Waals surface area contributed by atoms with Gasteiger partial charge in [0.05, 0.1) is 0 Å². The molecule has 0 unspecified atom stereocenters. The number of aromatic hydroxyl groups is 2. The molecule has 0 fully saturated rings. The second-order valence-corrected chi connectivity index (χ2v) is 10.9. The van der Waals surface area contributed by atoms with Gasteiger partial charge in [0.25, 0.3) is 0 Å². The number of aliphatic imine (C=N–C) groups is 2. The van der Waals surface area contributed by atoms with Gasteiger partial charge in [0, 0.05) is 23.6 Å². The van der Waals surface area contributed by atoms with E-state index in [1.807, 2.05) is 38.1 Å². The van der Waals surface area contributed by atoms with Crippen molar-refractivity contribution < 1.29 is 10.2 Å². The molecule has 2 N–H and O–H groups in total. The molecule has 0 aliphatic carbocycles. The Labute approximate surface area is 187 Å². The third kappa shape index (κ3) is 7.86. The number of hydrogen-bond acceptors (Lipinski definition) is 4. The Morgan fingerprint density at radius 2 is 1.03 bits per heavy atom. The fraction of sp³-hybridized carbons (Fsp3) is 0.481. The van der Waals surface area contributed by atoms with Gasteiger partial charge in [-0.05, 0) is 71.9 Å². The van der Waals surface area contributed by atoms with Crippen LogP contribution in [0.15, 0.2) is 34.3 Å². The smallest absolute Gasteiger partial charge is 0.129 e. The summed E-state index contributed by atoms with van der Waals surface area (Å²) < 4.78 is 0. The van der Waals surface area contributed by atoms with Crippen molar-refractivity contribution in [1.82, 2.24) is 0 Å². The molecule has 0 radical (unpaired) electrons. The average Bonchev–Trinajstić information content (AvgIpc) is 2.59. The SMILES string of the molecule is Cc1cc(CC(C)(C)C)cc(C=NCN=Cc2cc(CC(C)(C)C)cc(C)c2O)c1O. The molecule has 2 aromatic rings. The van der Waals surface area contributed by atoms with Gasteiger partial charge in [-0.3, -0.25) is 9.98 Å². The van der Waals surface area contributed by atoms with Crippen molar-refractivity contribution in [2.45, 2.75) is 68.2 Å². The molecule has 0 aromatic heterocycles. The highest BCUT2D eigenvalue weighted by atomic mass is 16.3. The Bertz CT molecular complexity index is 895. The van der Waals surface area contributed by atoms with Crippen LogP contribution in [0, 0.1) is 24.7 Å². The molecule has 4 heteroatoms. The lowest BCUT2D eigenvalue weighted by molar-refractivity contribution is 0.410. The first-order chi connectivity index (χ1) is 14.2. The van der Waals surface area contributed by atoms with E-state index in [1.165, 1.54) is 11.1 Å². The van der Waals surface area contributed by atoms with Crippen LogP contribution in [0.4, 0.5) is 0 Å². The molecule has 0 aliphatic heterocycles. The van der Waals surface area contributed by atoms with Crippen molar-refractivity contribution in [3.8, 4) is 11.5 Å². The number of nitrogens with zero attached hydrogens (tertiary/aromatic N) is 2. The molecular weight excluding hydrogens is 384 g/mol. The summed E-state index contributed by atoms with van der Waals surface area (Å²) in [7, 11) is 0. The van der Waals surface area contributed by atoms with Gasteiger partial charge in [-0.2, -0.15) is 0 Å². The van der Waals surface area contributed by atoms with Gasteiger partial charge in [0.15, 0.2) is 0 Å². The first-order valence-corrected chi connectivity index (χ1v) is 10.9. The van der Waals surface area contributed by atoms with E-state index in [1.54, 1.807) is 12.4 Å². The molecule has 2 rings (SSSR count). The lowest BCUT2D eigenvalue weighted by atomic mass is 9.87. The van der Waals surface area contributed by atoms with Crippen molar-refractivity contribution in [2.75, 3.05) is 6.67 Å². The van der Waals surface area contributed by atoms with Gasteiger partial charge >= 0.3 is 0 Å². The highest BCUT2D eigenvalue weighted by Crippen LogP contribution is 2.28. The molecule has 0 bridgehead atoms. The summed E-state index contributed by atoms with van der Waals surface area (Å²) >= 11 is 0. The van der Waals surface area contributed by atoms with Gasteiger partial charge in [0.1, 0.15) is 18.2 Å². The van der Waals surface area contributed by atoms with Gasteiger partial charge in [-0.25, -0.2) is 0 Å². The second kappa shape index (κ2) is 9.67. The Morgan fingerprint density at radius 1 is 0.677 bits per heavy atom. The number of benzene rings is 2. The van der Waals surface area contributed by atoms with Crippen molar-refractivity contribution in [3.63, 3.8) is 0 Å². The molecule has 0 spiro atoms. The van der Waals surface area contributed by atoms with E-state index in [-0.39, 0.29) is 29.0 Å². The first-order valence-electron chi connectivity index (χ1n) is 10.9. The lowest BCUT2D eigenvalue weighted by Crippen LogP contribution is -2.09. The maximum Gasteiger partial charge on any atom is 0.129 e. The third-order valence-corrected chi connectivity index (χ3v) is 4.87. The molecule has 0 saturated heterocycles. The van der Waals surface area contributed by atoms with E-state index in [2.05, 4.69) is 51.5 Å². The fourth-order valence-corrected chi connectivity index (χ4v) is 3.72. The fourth-order valence-electron chi connectivity index (χ4n) is 3.72.